The summed E-state index contributed by atoms with van der Waals surface area (Å²) in [6.45, 7) is 0. The van der Waals surface area contributed by atoms with Crippen LogP contribution in [0.4, 0.5) is 5.69 Å². The molecular formula is C44H33N5. The summed E-state index contributed by atoms with van der Waals surface area (Å²) >= 11 is 0. The predicted molar refractivity (Wildman–Crippen MR) is 202 cm³/mol. The topological polar surface area (TPSA) is 81.1 Å². The third kappa shape index (κ3) is 6.05. The number of nitrogens with two attached hydrogens (primary N) is 2. The molecule has 49 heavy (non-hydrogen) atoms. The van der Waals surface area contributed by atoms with Crippen molar-refractivity contribution in [2.75, 3.05) is 5.01 Å². The van der Waals surface area contributed by atoms with Crippen molar-refractivity contribution in [3.05, 3.63) is 180 Å². The van der Waals surface area contributed by atoms with Gasteiger partial charge in [0.1, 0.15) is 0 Å². The molecule has 0 saturated carbocycles. The van der Waals surface area contributed by atoms with Crippen LogP contribution in [0.3, 0.4) is 0 Å². The van der Waals surface area contributed by atoms with E-state index in [1.165, 1.54) is 16.3 Å². The monoisotopic (exact) mass is 631 g/mol. The maximum absolute atomic E-state index is 6.37. The van der Waals surface area contributed by atoms with E-state index in [1.54, 1.807) is 17.2 Å². The molecule has 0 saturated heterocycles. The van der Waals surface area contributed by atoms with Gasteiger partial charge >= 0.3 is 0 Å². The van der Waals surface area contributed by atoms with E-state index in [-0.39, 0.29) is 0 Å². The molecule has 0 bridgehead atoms. The van der Waals surface area contributed by atoms with Gasteiger partial charge in [-0.2, -0.15) is 0 Å². The molecule has 0 amide bonds. The Balaban J connectivity index is 1.09. The van der Waals surface area contributed by atoms with E-state index in [0.29, 0.717) is 11.4 Å². The third-order valence-corrected chi connectivity index (χ3v) is 8.97. The van der Waals surface area contributed by atoms with Crippen molar-refractivity contribution in [2.24, 2.45) is 11.6 Å². The van der Waals surface area contributed by atoms with Crippen molar-refractivity contribution >= 4 is 22.0 Å². The molecule has 1 aromatic heterocycles. The highest BCUT2D eigenvalue weighted by atomic mass is 15.4. The van der Waals surface area contributed by atoms with Gasteiger partial charge < -0.3 is 5.73 Å². The van der Waals surface area contributed by atoms with Gasteiger partial charge in [-0.1, -0.05) is 127 Å². The van der Waals surface area contributed by atoms with Gasteiger partial charge in [-0.25, -0.2) is 15.8 Å². The second kappa shape index (κ2) is 13.0. The summed E-state index contributed by atoms with van der Waals surface area (Å²) in [5.41, 5.74) is 23.6. The normalized spacial score (nSPS) is 13.6. The smallest absolute Gasteiger partial charge is 0.160 e. The molecule has 1 heterocycles. The lowest BCUT2D eigenvalue weighted by molar-refractivity contribution is 1.01. The molecule has 2 aliphatic carbocycles. The van der Waals surface area contributed by atoms with Crippen LogP contribution < -0.4 is 16.6 Å². The maximum Gasteiger partial charge on any atom is 0.160 e. The fourth-order valence-electron chi connectivity index (χ4n) is 6.35. The van der Waals surface area contributed by atoms with E-state index < -0.39 is 0 Å². The number of rotatable bonds is 7. The van der Waals surface area contributed by atoms with Crippen LogP contribution in [0.1, 0.15) is 18.5 Å². The largest absolute Gasteiger partial charge is 0.396 e. The van der Waals surface area contributed by atoms with Crippen LogP contribution in [-0.4, -0.2) is 9.97 Å². The van der Waals surface area contributed by atoms with Crippen molar-refractivity contribution in [3.63, 3.8) is 0 Å². The predicted octanol–water partition coefficient (Wildman–Crippen LogP) is 9.76. The Hall–Kier alpha value is -6.48. The van der Waals surface area contributed by atoms with Gasteiger partial charge in [-0.15, -0.1) is 0 Å². The average molecular weight is 632 g/mol. The number of hydrazine groups is 1. The Morgan fingerprint density at radius 2 is 1.35 bits per heavy atom. The van der Waals surface area contributed by atoms with E-state index in [2.05, 4.69) is 121 Å². The molecule has 5 aromatic carbocycles. The Morgan fingerprint density at radius 3 is 2.12 bits per heavy atom. The molecule has 5 heteroatoms. The molecular weight excluding hydrogens is 599 g/mol. The summed E-state index contributed by atoms with van der Waals surface area (Å²) < 4.78 is 0. The van der Waals surface area contributed by atoms with Gasteiger partial charge in [0.15, 0.2) is 5.82 Å². The molecule has 0 fully saturated rings. The van der Waals surface area contributed by atoms with Crippen molar-refractivity contribution in [1.82, 2.24) is 9.97 Å². The number of aromatic nitrogens is 2. The fraction of sp³-hybridized carbons (Fsp3) is 0.0455. The summed E-state index contributed by atoms with van der Waals surface area (Å²) in [4.78, 5) is 10.0. The number of nitrogens with zero attached hydrogens (tertiary/aromatic N) is 3. The molecule has 0 aliphatic heterocycles. The number of fused-ring (bicyclic) bond motifs is 1. The van der Waals surface area contributed by atoms with Gasteiger partial charge in [0.25, 0.3) is 0 Å². The minimum absolute atomic E-state index is 0.551. The van der Waals surface area contributed by atoms with E-state index in [9.17, 15) is 0 Å². The zero-order valence-electron chi connectivity index (χ0n) is 26.8. The van der Waals surface area contributed by atoms with Crippen LogP contribution in [0.25, 0.3) is 61.2 Å². The van der Waals surface area contributed by atoms with Crippen molar-refractivity contribution in [1.29, 1.82) is 0 Å². The SMILES string of the molecule is NC1=C(N(N)c2ccc(-c3ccc4c(-c5ccc(-c6nc(C7=CCCC=C7)cc(-c7ccccc7)n6)cc5)cccc4c3)cc2)C=C=C=C1. The van der Waals surface area contributed by atoms with E-state index >= 15 is 0 Å². The fourth-order valence-corrected chi connectivity index (χ4v) is 6.35. The molecule has 0 unspecified atom stereocenters. The lowest BCUT2D eigenvalue weighted by atomic mass is 9.94. The molecule has 2 aliphatic rings. The molecule has 6 aromatic rings. The van der Waals surface area contributed by atoms with Crippen molar-refractivity contribution in [3.8, 4) is 44.9 Å². The summed E-state index contributed by atoms with van der Waals surface area (Å²) in [5, 5.41) is 3.93. The van der Waals surface area contributed by atoms with E-state index in [4.69, 9.17) is 21.5 Å². The van der Waals surface area contributed by atoms with Crippen LogP contribution in [-0.2, 0) is 0 Å². The molecule has 0 atom stereocenters. The highest BCUT2D eigenvalue weighted by Gasteiger charge is 2.14. The lowest BCUT2D eigenvalue weighted by Gasteiger charge is -2.21. The van der Waals surface area contributed by atoms with Gasteiger partial charge in [0, 0.05) is 23.3 Å². The van der Waals surface area contributed by atoms with Gasteiger partial charge in [0.05, 0.1) is 28.5 Å². The first-order valence-corrected chi connectivity index (χ1v) is 16.4. The molecule has 0 radical (unpaired) electrons. The molecule has 0 spiro atoms. The van der Waals surface area contributed by atoms with Crippen LogP contribution in [0.15, 0.2) is 175 Å². The van der Waals surface area contributed by atoms with Crippen LogP contribution >= 0.6 is 0 Å². The molecule has 8 rings (SSSR count). The van der Waals surface area contributed by atoms with E-state index in [1.807, 2.05) is 30.3 Å². The number of anilines is 1. The van der Waals surface area contributed by atoms with Crippen molar-refractivity contribution < 1.29 is 0 Å². The highest BCUT2D eigenvalue weighted by molar-refractivity contribution is 5.99. The second-order valence-electron chi connectivity index (χ2n) is 12.1. The number of hydrogen-bond donors (Lipinski definition) is 2. The Bertz CT molecular complexity index is 2400. The number of hydrogen-bond acceptors (Lipinski definition) is 5. The minimum Gasteiger partial charge on any atom is -0.396 e. The lowest BCUT2D eigenvalue weighted by Crippen LogP contribution is -2.31. The highest BCUT2D eigenvalue weighted by Crippen LogP contribution is 2.34. The molecule has 4 N–H and O–H groups in total. The number of allylic oxidation sites excluding steroid dienone is 6. The Labute approximate surface area is 285 Å². The molecule has 5 nitrogen and oxygen atoms in total. The first kappa shape index (κ1) is 29.9. The Kier molecular flexibility index (Phi) is 7.91. The summed E-state index contributed by atoms with van der Waals surface area (Å²) in [5.74, 6) is 7.09. The molecule has 234 valence electrons. The first-order valence-electron chi connectivity index (χ1n) is 16.4. The quantitative estimate of drug-likeness (QED) is 0.104. The van der Waals surface area contributed by atoms with Gasteiger partial charge in [-0.05, 0) is 75.7 Å². The first-order chi connectivity index (χ1) is 24.1. The zero-order valence-corrected chi connectivity index (χ0v) is 26.8. The van der Waals surface area contributed by atoms with Gasteiger partial charge in [-0.3, -0.25) is 5.01 Å². The zero-order chi connectivity index (χ0) is 33.2. The van der Waals surface area contributed by atoms with Crippen molar-refractivity contribution in [2.45, 2.75) is 12.8 Å². The maximum atomic E-state index is 6.37. The number of benzene rings is 5. The summed E-state index contributed by atoms with van der Waals surface area (Å²) in [6, 6.07) is 42.2. The minimum atomic E-state index is 0.551. The average Bonchev–Trinajstić information content (AvgIpc) is 3.18. The standard InChI is InChI=1S/C44H33N5/c45-40-16-7-8-17-43(40)49(46)37-25-22-30(23-26-37)35-24-27-39-36(28-35)14-9-15-38(39)31-18-20-34(21-19-31)44-47-41(32-10-3-1-4-11-32)29-42(48-44)33-12-5-2-6-13-33/h1,3-5,9-29H,2,6,45-46H2. The summed E-state index contributed by atoms with van der Waals surface area (Å²) in [6.07, 6.45) is 12.1. The Morgan fingerprint density at radius 1 is 0.612 bits per heavy atom. The van der Waals surface area contributed by atoms with Crippen LogP contribution in [0.5, 0.6) is 0 Å². The van der Waals surface area contributed by atoms with Crippen LogP contribution in [0, 0.1) is 0 Å². The van der Waals surface area contributed by atoms with E-state index in [0.717, 1.165) is 69.1 Å². The van der Waals surface area contributed by atoms with Crippen LogP contribution in [0.2, 0.25) is 0 Å². The second-order valence-corrected chi connectivity index (χ2v) is 12.1. The van der Waals surface area contributed by atoms with Gasteiger partial charge in [0.2, 0.25) is 0 Å². The summed E-state index contributed by atoms with van der Waals surface area (Å²) in [7, 11) is 0. The third-order valence-electron chi connectivity index (χ3n) is 8.97.